The van der Waals surface area contributed by atoms with Gasteiger partial charge in [-0.1, -0.05) is 36.8 Å². The molecule has 0 N–H and O–H groups in total. The molecule has 0 aromatic heterocycles. The minimum atomic E-state index is -1.49. The number of para-hydroxylation sites is 4. The number of esters is 1. The summed E-state index contributed by atoms with van der Waals surface area (Å²) in [5.74, 6) is -6.95. The number of carbonyl (C=O) groups is 5. The maximum atomic E-state index is 14.3. The molecule has 1 saturated carbocycles. The van der Waals surface area contributed by atoms with Crippen molar-refractivity contribution in [1.29, 1.82) is 0 Å². The largest absolute Gasteiger partial charge is 0.495 e. The van der Waals surface area contributed by atoms with Gasteiger partial charge in [0.25, 0.3) is 0 Å². The van der Waals surface area contributed by atoms with Gasteiger partial charge < -0.3 is 14.2 Å². The van der Waals surface area contributed by atoms with Crippen LogP contribution in [0.3, 0.4) is 0 Å². The Bertz CT molecular complexity index is 1470. The third-order valence-corrected chi connectivity index (χ3v) is 9.33. The lowest BCUT2D eigenvalue weighted by Crippen LogP contribution is -2.61. The van der Waals surface area contributed by atoms with E-state index in [1.807, 2.05) is 0 Å². The summed E-state index contributed by atoms with van der Waals surface area (Å²) in [5, 5.41) is 0. The summed E-state index contributed by atoms with van der Waals surface area (Å²) in [7, 11) is 2.89. The number of methoxy groups -OCH3 is 2. The van der Waals surface area contributed by atoms with Crippen LogP contribution in [0.4, 0.5) is 11.4 Å². The summed E-state index contributed by atoms with van der Waals surface area (Å²) >= 11 is 0. The summed E-state index contributed by atoms with van der Waals surface area (Å²) in [4.78, 5) is 72.8. The summed E-state index contributed by atoms with van der Waals surface area (Å²) < 4.78 is 16.3. The van der Waals surface area contributed by atoms with Crippen molar-refractivity contribution in [3.05, 3.63) is 59.7 Å². The van der Waals surface area contributed by atoms with Crippen molar-refractivity contribution in [2.24, 2.45) is 35.0 Å². The normalized spacial score (nSPS) is 30.1. The van der Waals surface area contributed by atoms with Crippen LogP contribution in [0.5, 0.6) is 11.5 Å². The molecule has 3 fully saturated rings. The quantitative estimate of drug-likeness (QED) is 0.392. The van der Waals surface area contributed by atoms with Crippen LogP contribution in [0.15, 0.2) is 59.7 Å². The van der Waals surface area contributed by atoms with Crippen LogP contribution in [0, 0.1) is 35.0 Å². The van der Waals surface area contributed by atoms with E-state index in [9.17, 15) is 24.0 Å². The van der Waals surface area contributed by atoms with Gasteiger partial charge in [-0.2, -0.15) is 0 Å². The van der Waals surface area contributed by atoms with Crippen LogP contribution in [-0.4, -0.2) is 50.4 Å². The zero-order valence-corrected chi connectivity index (χ0v) is 23.4. The van der Waals surface area contributed by atoms with Gasteiger partial charge in [-0.3, -0.25) is 19.2 Å². The fraction of sp³-hybridized carbons (Fsp3) is 0.387. The molecule has 41 heavy (non-hydrogen) atoms. The van der Waals surface area contributed by atoms with E-state index in [-0.39, 0.29) is 23.6 Å². The number of hydrogen-bond donors (Lipinski definition) is 0. The molecule has 212 valence electrons. The minimum absolute atomic E-state index is 0.0823. The molecule has 2 aromatic carbocycles. The van der Waals surface area contributed by atoms with Crippen molar-refractivity contribution in [3.63, 3.8) is 0 Å². The number of nitrogens with zero attached hydrogens (tertiary/aromatic N) is 2. The zero-order valence-electron chi connectivity index (χ0n) is 23.4. The Kier molecular flexibility index (Phi) is 6.06. The molecule has 4 amide bonds. The molecule has 5 aliphatic rings. The molecule has 2 aliphatic heterocycles. The fourth-order valence-corrected chi connectivity index (χ4v) is 7.91. The van der Waals surface area contributed by atoms with Gasteiger partial charge in [0.05, 0.1) is 55.9 Å². The second-order valence-electron chi connectivity index (χ2n) is 11.0. The molecular weight excluding hydrogens is 528 g/mol. The first-order chi connectivity index (χ1) is 19.6. The Morgan fingerprint density at radius 2 is 1.20 bits per heavy atom. The Hall–Kier alpha value is -4.47. The van der Waals surface area contributed by atoms with Crippen LogP contribution < -0.4 is 19.3 Å². The molecule has 10 heteroatoms. The molecule has 2 saturated heterocycles. The molecule has 2 aromatic rings. The van der Waals surface area contributed by atoms with E-state index >= 15 is 0 Å². The monoisotopic (exact) mass is 558 g/mol. The Balaban J connectivity index is 1.56. The van der Waals surface area contributed by atoms with Crippen LogP contribution >= 0.6 is 0 Å². The lowest BCUT2D eigenvalue weighted by molar-refractivity contribution is -0.155. The maximum Gasteiger partial charge on any atom is 0.334 e. The van der Waals surface area contributed by atoms with Gasteiger partial charge in [0.15, 0.2) is 0 Å². The van der Waals surface area contributed by atoms with Crippen LogP contribution in [-0.2, 0) is 28.7 Å². The van der Waals surface area contributed by atoms with Crippen molar-refractivity contribution in [1.82, 2.24) is 0 Å². The van der Waals surface area contributed by atoms with Gasteiger partial charge in [-0.05, 0) is 38.1 Å². The van der Waals surface area contributed by atoms with E-state index in [1.54, 1.807) is 69.3 Å². The van der Waals surface area contributed by atoms with Crippen molar-refractivity contribution < 1.29 is 38.2 Å². The highest BCUT2D eigenvalue weighted by Gasteiger charge is 2.77. The molecule has 2 unspecified atom stereocenters. The standard InChI is InChI=1S/C31H30N2O8/c1-6-41-30(38)23-15(2)20-21-24(28(36)32(26(21)34)16-11-7-9-13-18(16)39-4)31(23,3)25-22(20)27(35)33(29(25)37)17-12-8-10-14-19(17)40-5/h7-14,20-22,24-25H,6H2,1-5H3/t20?,21-,22+,24-,25+,31?. The van der Waals surface area contributed by atoms with Gasteiger partial charge in [-0.15, -0.1) is 0 Å². The Morgan fingerprint density at radius 1 is 0.756 bits per heavy atom. The van der Waals surface area contributed by atoms with E-state index in [1.165, 1.54) is 14.2 Å². The van der Waals surface area contributed by atoms with E-state index in [4.69, 9.17) is 14.2 Å². The minimum Gasteiger partial charge on any atom is -0.495 e. The van der Waals surface area contributed by atoms with E-state index in [0.717, 1.165) is 9.80 Å². The smallest absolute Gasteiger partial charge is 0.334 e. The Labute approximate surface area is 236 Å². The lowest BCUT2D eigenvalue weighted by Gasteiger charge is -2.55. The average molecular weight is 559 g/mol. The first kappa shape index (κ1) is 26.7. The zero-order chi connectivity index (χ0) is 29.4. The fourth-order valence-electron chi connectivity index (χ4n) is 7.91. The molecule has 2 heterocycles. The highest BCUT2D eigenvalue weighted by molar-refractivity contribution is 6.28. The summed E-state index contributed by atoms with van der Waals surface area (Å²) in [5.41, 5.74) is -0.252. The molecule has 3 aliphatic carbocycles. The number of imide groups is 2. The SMILES string of the molecule is CCOC(=O)C1=C(C)C2[C@H]3C(=O)N(c4ccccc4OC)C(=O)[C@@H]3C1(C)[C@@H]1C(=O)N(c3ccccc3OC)C(=O)[C@@H]21. The van der Waals surface area contributed by atoms with Crippen LogP contribution in [0.2, 0.25) is 0 Å². The first-order valence-electron chi connectivity index (χ1n) is 13.5. The van der Waals surface area contributed by atoms with Gasteiger partial charge in [0.2, 0.25) is 23.6 Å². The molecule has 2 bridgehead atoms. The number of hydrogen-bond acceptors (Lipinski definition) is 8. The predicted octanol–water partition coefficient (Wildman–Crippen LogP) is 3.14. The first-order valence-corrected chi connectivity index (χ1v) is 13.5. The van der Waals surface area contributed by atoms with Gasteiger partial charge in [-0.25, -0.2) is 14.6 Å². The number of anilines is 2. The van der Waals surface area contributed by atoms with E-state index in [2.05, 4.69) is 0 Å². The second kappa shape index (κ2) is 9.29. The highest BCUT2D eigenvalue weighted by Crippen LogP contribution is 2.69. The van der Waals surface area contributed by atoms with Gasteiger partial charge >= 0.3 is 5.97 Å². The van der Waals surface area contributed by atoms with Crippen molar-refractivity contribution >= 4 is 41.0 Å². The molecule has 0 spiro atoms. The molecular formula is C31H30N2O8. The number of benzene rings is 2. The van der Waals surface area contributed by atoms with Crippen LogP contribution in [0.1, 0.15) is 20.8 Å². The average Bonchev–Trinajstić information content (AvgIpc) is 3.39. The molecule has 10 nitrogen and oxygen atoms in total. The molecule has 0 radical (unpaired) electrons. The number of amides is 4. The van der Waals surface area contributed by atoms with E-state index in [0.29, 0.717) is 17.1 Å². The summed E-state index contributed by atoms with van der Waals surface area (Å²) in [6.07, 6.45) is 0. The Morgan fingerprint density at radius 3 is 1.61 bits per heavy atom. The second-order valence-corrected chi connectivity index (χ2v) is 11.0. The lowest BCUT2D eigenvalue weighted by atomic mass is 9.43. The van der Waals surface area contributed by atoms with Crippen molar-refractivity contribution in [3.8, 4) is 11.5 Å². The van der Waals surface area contributed by atoms with Crippen molar-refractivity contribution in [2.45, 2.75) is 20.8 Å². The topological polar surface area (TPSA) is 120 Å². The molecule has 7 rings (SSSR count). The van der Waals surface area contributed by atoms with E-state index < -0.39 is 64.6 Å². The molecule has 6 atom stereocenters. The maximum absolute atomic E-state index is 14.3. The van der Waals surface area contributed by atoms with Gasteiger partial charge in [0, 0.05) is 16.9 Å². The number of ether oxygens (including phenoxy) is 3. The third kappa shape index (κ3) is 3.27. The number of carbonyl (C=O) groups excluding carboxylic acids is 5. The number of rotatable bonds is 6. The van der Waals surface area contributed by atoms with Gasteiger partial charge in [0.1, 0.15) is 11.5 Å². The summed E-state index contributed by atoms with van der Waals surface area (Å²) in [6, 6.07) is 13.4. The number of allylic oxidation sites excluding steroid dienone is 1. The third-order valence-electron chi connectivity index (χ3n) is 9.33. The van der Waals surface area contributed by atoms with Crippen LogP contribution in [0.25, 0.3) is 0 Å². The predicted molar refractivity (Wildman–Crippen MR) is 146 cm³/mol. The van der Waals surface area contributed by atoms with Crippen molar-refractivity contribution in [2.75, 3.05) is 30.6 Å². The highest BCUT2D eigenvalue weighted by atomic mass is 16.5. The summed E-state index contributed by atoms with van der Waals surface area (Å²) in [6.45, 7) is 5.11.